The first-order chi connectivity index (χ1) is 42.6. The van der Waals surface area contributed by atoms with Gasteiger partial charge in [-0.1, -0.05) is 302 Å². The predicted molar refractivity (Wildman–Crippen MR) is 370 cm³/mol. The van der Waals surface area contributed by atoms with Crippen molar-refractivity contribution >= 4 is 17.9 Å². The molecule has 0 amide bonds. The molecule has 0 aromatic carbocycles. The zero-order valence-corrected chi connectivity index (χ0v) is 56.9. The van der Waals surface area contributed by atoms with Crippen LogP contribution in [-0.2, 0) is 33.3 Å². The fourth-order valence-corrected chi connectivity index (χ4v) is 9.83. The van der Waals surface area contributed by atoms with Gasteiger partial charge in [-0.25, -0.2) is 0 Å². The second-order valence-electron chi connectivity index (χ2n) is 24.8. The van der Waals surface area contributed by atoms with Crippen molar-refractivity contribution in [2.45, 2.75) is 309 Å². The summed E-state index contributed by atoms with van der Waals surface area (Å²) in [4.78, 5) is 37.5. The van der Waals surface area contributed by atoms with Gasteiger partial charge < -0.3 is 33.3 Å². The number of carbonyl (C=O) groups excluding carboxylic acids is 3. The Balaban J connectivity index is 4.05. The molecule has 87 heavy (non-hydrogen) atoms. The van der Waals surface area contributed by atoms with Crippen molar-refractivity contribution in [1.82, 2.24) is 0 Å². The van der Waals surface area contributed by atoms with E-state index in [1.807, 2.05) is 21.1 Å². The zero-order valence-electron chi connectivity index (χ0n) is 56.9. The molecule has 0 aliphatic carbocycles. The van der Waals surface area contributed by atoms with Gasteiger partial charge >= 0.3 is 11.9 Å². The molecule has 2 atom stereocenters. The summed E-state index contributed by atoms with van der Waals surface area (Å²) >= 11 is 0. The average Bonchev–Trinajstić information content (AvgIpc) is 3.55. The fourth-order valence-electron chi connectivity index (χ4n) is 9.83. The molecule has 0 spiro atoms. The van der Waals surface area contributed by atoms with E-state index in [1.165, 1.54) is 154 Å². The van der Waals surface area contributed by atoms with Crippen molar-refractivity contribution in [3.8, 4) is 0 Å². The van der Waals surface area contributed by atoms with Crippen molar-refractivity contribution in [1.29, 1.82) is 0 Å². The van der Waals surface area contributed by atoms with E-state index in [2.05, 4.69) is 135 Å². The topological polar surface area (TPSA) is 111 Å². The molecule has 0 saturated carbocycles. The quantitative estimate of drug-likeness (QED) is 0.0195. The van der Waals surface area contributed by atoms with Gasteiger partial charge in [0, 0.05) is 12.8 Å². The number of rotatable bonds is 65. The van der Waals surface area contributed by atoms with Gasteiger partial charge in [0.15, 0.2) is 12.4 Å². The van der Waals surface area contributed by atoms with Crippen LogP contribution in [0.25, 0.3) is 0 Å². The number of carboxylic acid groups (broad SMARTS) is 1. The SMILES string of the molecule is CC/C=C\C/C=C\C/C=C\C/C=C\C/C=C\CCCCCCCCCCCCCCCCCCCCCCCCCC(=O)OC(COC(=O)CCCCCCCCC/C=C\C/C=C\C/C=C\C/C=C\C/C=C\CC)COC(OCC[N+](C)(C)C)C(=O)[O-]. The van der Waals surface area contributed by atoms with Gasteiger partial charge in [-0.2, -0.15) is 0 Å². The molecule has 0 aliphatic rings. The Morgan fingerprint density at radius 2 is 0.621 bits per heavy atom. The number of hydrogen-bond donors (Lipinski definition) is 0. The van der Waals surface area contributed by atoms with E-state index < -0.39 is 24.3 Å². The van der Waals surface area contributed by atoms with E-state index in [0.717, 1.165) is 109 Å². The van der Waals surface area contributed by atoms with E-state index in [1.54, 1.807) is 0 Å². The molecule has 0 radical (unpaired) electrons. The first-order valence-electron chi connectivity index (χ1n) is 35.7. The summed E-state index contributed by atoms with van der Waals surface area (Å²) in [6, 6.07) is 0. The summed E-state index contributed by atoms with van der Waals surface area (Å²) in [5, 5.41) is 11.8. The lowest BCUT2D eigenvalue weighted by atomic mass is 10.0. The van der Waals surface area contributed by atoms with Gasteiger partial charge in [-0.15, -0.1) is 0 Å². The minimum absolute atomic E-state index is 0.142. The first kappa shape index (κ1) is 82.7. The van der Waals surface area contributed by atoms with Crippen molar-refractivity contribution in [3.05, 3.63) is 122 Å². The molecule has 9 heteroatoms. The summed E-state index contributed by atoms with van der Waals surface area (Å²) in [7, 11) is 5.93. The number of likely N-dealkylation sites (N-methyl/N-ethyl adjacent to an activating group) is 1. The summed E-state index contributed by atoms with van der Waals surface area (Å²) in [6.45, 7) is 4.53. The van der Waals surface area contributed by atoms with E-state index in [0.29, 0.717) is 17.4 Å². The summed E-state index contributed by atoms with van der Waals surface area (Å²) in [6.07, 6.45) is 92.9. The largest absolute Gasteiger partial charge is 0.545 e. The number of quaternary nitrogens is 1. The number of nitrogens with zero attached hydrogens (tertiary/aromatic N) is 1. The maximum absolute atomic E-state index is 12.9. The minimum Gasteiger partial charge on any atom is -0.545 e. The monoisotopic (exact) mass is 1210 g/mol. The van der Waals surface area contributed by atoms with Gasteiger partial charge in [0.2, 0.25) is 0 Å². The number of ether oxygens (including phenoxy) is 4. The molecule has 0 bridgehead atoms. The number of unbranched alkanes of at least 4 members (excludes halogenated alkanes) is 30. The Labute approximate surface area is 536 Å². The second-order valence-corrected chi connectivity index (χ2v) is 24.8. The number of carbonyl (C=O) groups is 3. The lowest BCUT2D eigenvalue weighted by Crippen LogP contribution is -2.44. The van der Waals surface area contributed by atoms with E-state index in [9.17, 15) is 19.5 Å². The lowest BCUT2D eigenvalue weighted by Gasteiger charge is -2.26. The van der Waals surface area contributed by atoms with E-state index in [4.69, 9.17) is 18.9 Å². The first-order valence-corrected chi connectivity index (χ1v) is 35.7. The molecular formula is C78H133NO8. The molecule has 0 saturated heterocycles. The number of carboxylic acids is 1. The molecular weight excluding hydrogens is 1080 g/mol. The third-order valence-corrected chi connectivity index (χ3v) is 15.2. The van der Waals surface area contributed by atoms with Crippen molar-refractivity contribution in [2.75, 3.05) is 47.5 Å². The van der Waals surface area contributed by atoms with Crippen LogP contribution in [0.4, 0.5) is 0 Å². The van der Waals surface area contributed by atoms with Crippen LogP contribution in [0.1, 0.15) is 296 Å². The molecule has 0 N–H and O–H groups in total. The summed E-state index contributed by atoms with van der Waals surface area (Å²) in [5.41, 5.74) is 0. The highest BCUT2D eigenvalue weighted by Crippen LogP contribution is 2.18. The number of allylic oxidation sites excluding steroid dienone is 20. The van der Waals surface area contributed by atoms with E-state index in [-0.39, 0.29) is 38.6 Å². The summed E-state index contributed by atoms with van der Waals surface area (Å²) in [5.74, 6) is -2.29. The van der Waals surface area contributed by atoms with Crippen LogP contribution in [0.2, 0.25) is 0 Å². The standard InChI is InChI=1S/C78H133NO8/c1-6-8-10-12-14-16-18-20-22-24-26-28-30-31-32-33-34-35-36-37-38-39-40-41-42-43-44-45-47-49-51-53-55-57-59-61-63-65-67-69-76(81)87-74(73-86-78(77(82)83)84-71-70-79(3,4)5)72-85-75(80)68-66-64-62-60-58-56-54-52-50-48-46-29-27-25-23-21-19-17-15-13-11-9-7-2/h8-11,14-17,20-23,26-29,31-32,48,50,74,78H,6-7,12-13,18-19,24-25,30,33-47,49,51-73H2,1-5H3/b10-8-,11-9-,16-14-,17-15-,22-20-,23-21-,28-26-,29-27-,32-31-,50-48-. The zero-order chi connectivity index (χ0) is 63.3. The highest BCUT2D eigenvalue weighted by atomic mass is 16.7. The summed E-state index contributed by atoms with van der Waals surface area (Å²) < 4.78 is 22.8. The molecule has 9 nitrogen and oxygen atoms in total. The minimum atomic E-state index is -1.63. The highest BCUT2D eigenvalue weighted by molar-refractivity contribution is 5.70. The van der Waals surface area contributed by atoms with Crippen LogP contribution in [0, 0.1) is 0 Å². The van der Waals surface area contributed by atoms with Gasteiger partial charge in [-0.05, 0) is 103 Å². The third kappa shape index (κ3) is 69.0. The number of aliphatic carboxylic acids is 1. The molecule has 0 aromatic heterocycles. The molecule has 0 rings (SSSR count). The van der Waals surface area contributed by atoms with Crippen molar-refractivity contribution in [2.24, 2.45) is 0 Å². The van der Waals surface area contributed by atoms with Crippen LogP contribution in [0.5, 0.6) is 0 Å². The molecule has 0 fully saturated rings. The van der Waals surface area contributed by atoms with Crippen LogP contribution in [0.15, 0.2) is 122 Å². The second kappa shape index (κ2) is 67.6. The highest BCUT2D eigenvalue weighted by Gasteiger charge is 2.22. The van der Waals surface area contributed by atoms with Crippen LogP contribution in [0.3, 0.4) is 0 Å². The van der Waals surface area contributed by atoms with Crippen molar-refractivity contribution < 1.29 is 42.9 Å². The van der Waals surface area contributed by atoms with Gasteiger partial charge in [-0.3, -0.25) is 9.59 Å². The van der Waals surface area contributed by atoms with Crippen LogP contribution >= 0.6 is 0 Å². The molecule has 0 aromatic rings. The Bertz CT molecular complexity index is 1840. The van der Waals surface area contributed by atoms with Gasteiger partial charge in [0.25, 0.3) is 0 Å². The Morgan fingerprint density at radius 3 is 0.920 bits per heavy atom. The maximum atomic E-state index is 12.9. The molecule has 2 unspecified atom stereocenters. The fraction of sp³-hybridized carbons (Fsp3) is 0.705. The Kier molecular flexibility index (Phi) is 64.3. The van der Waals surface area contributed by atoms with Crippen molar-refractivity contribution in [3.63, 3.8) is 0 Å². The Morgan fingerprint density at radius 1 is 0.345 bits per heavy atom. The lowest BCUT2D eigenvalue weighted by molar-refractivity contribution is -0.870. The predicted octanol–water partition coefficient (Wildman–Crippen LogP) is 21.0. The molecule has 498 valence electrons. The van der Waals surface area contributed by atoms with Gasteiger partial charge in [0.05, 0.1) is 40.3 Å². The normalized spacial score (nSPS) is 13.4. The van der Waals surface area contributed by atoms with E-state index >= 15 is 0 Å². The molecule has 0 heterocycles. The number of esters is 2. The van der Waals surface area contributed by atoms with Gasteiger partial charge in [0.1, 0.15) is 13.2 Å². The maximum Gasteiger partial charge on any atom is 0.306 e. The molecule has 0 aliphatic heterocycles. The Hall–Kier alpha value is -4.31. The smallest absolute Gasteiger partial charge is 0.306 e. The van der Waals surface area contributed by atoms with Crippen LogP contribution in [-0.4, -0.2) is 82.3 Å². The number of hydrogen-bond acceptors (Lipinski definition) is 8. The third-order valence-electron chi connectivity index (χ3n) is 15.2. The van der Waals surface area contributed by atoms with Crippen LogP contribution < -0.4 is 5.11 Å². The average molecular weight is 1210 g/mol.